The molecule has 1 unspecified atom stereocenters. The van der Waals surface area contributed by atoms with Gasteiger partial charge in [0.05, 0.1) is 36.1 Å². The van der Waals surface area contributed by atoms with E-state index >= 15 is 0 Å². The fraction of sp³-hybridized carbons (Fsp3) is 0.458. The molecule has 0 bridgehead atoms. The van der Waals surface area contributed by atoms with Gasteiger partial charge in [-0.2, -0.15) is 0 Å². The number of aryl methyl sites for hydroxylation is 1. The van der Waals surface area contributed by atoms with Crippen LogP contribution in [0.2, 0.25) is 0 Å². The van der Waals surface area contributed by atoms with Crippen LogP contribution in [0.25, 0.3) is 21.6 Å². The highest BCUT2D eigenvalue weighted by Gasteiger charge is 2.41. The van der Waals surface area contributed by atoms with Crippen molar-refractivity contribution < 1.29 is 19.0 Å². The molecule has 35 heavy (non-hydrogen) atoms. The number of ketones is 1. The van der Waals surface area contributed by atoms with E-state index < -0.39 is 3.23 Å². The highest BCUT2D eigenvalue weighted by atomic mass is 79.9. The molecule has 2 aromatic heterocycles. The van der Waals surface area contributed by atoms with Crippen LogP contribution in [0.4, 0.5) is 0 Å². The van der Waals surface area contributed by atoms with Crippen LogP contribution in [0.3, 0.4) is 0 Å². The lowest BCUT2D eigenvalue weighted by Crippen LogP contribution is -2.31. The third-order valence-corrected chi connectivity index (χ3v) is 9.76. The molecule has 11 heteroatoms. The molecule has 0 aliphatic heterocycles. The lowest BCUT2D eigenvalue weighted by molar-refractivity contribution is 0.0977. The number of thiophene rings is 1. The number of Topliss-reactive ketones (excluding diaryl/α,β-unsaturated/α-hetero) is 1. The number of benzene rings is 1. The molecule has 188 valence electrons. The molecule has 4 rings (SSSR count). The molecule has 1 aliphatic carbocycles. The van der Waals surface area contributed by atoms with Crippen molar-refractivity contribution in [3.05, 3.63) is 31.3 Å². The number of alkyl halides is 2. The predicted octanol–water partition coefficient (Wildman–Crippen LogP) is 6.57. The van der Waals surface area contributed by atoms with Crippen LogP contribution < -0.4 is 19.8 Å². The van der Waals surface area contributed by atoms with Crippen molar-refractivity contribution in [1.29, 1.82) is 0 Å². The van der Waals surface area contributed by atoms with E-state index in [-0.39, 0.29) is 17.3 Å². The number of aromatic nitrogens is 2. The molecule has 1 aliphatic rings. The summed E-state index contributed by atoms with van der Waals surface area (Å²) in [6, 6.07) is 1.78. The Balaban J connectivity index is 2.08. The summed E-state index contributed by atoms with van der Waals surface area (Å²) in [5.41, 5.74) is 1.28. The number of hydrogen-bond acceptors (Lipinski definition) is 7. The zero-order chi connectivity index (χ0) is 25.7. The van der Waals surface area contributed by atoms with E-state index in [0.717, 1.165) is 12.0 Å². The Kier molecular flexibility index (Phi) is 7.72. The molecular weight excluding hydrogens is 668 g/mol. The fourth-order valence-electron chi connectivity index (χ4n) is 4.22. The minimum Gasteiger partial charge on any atom is -0.493 e. The van der Waals surface area contributed by atoms with Crippen LogP contribution in [-0.4, -0.2) is 39.9 Å². The van der Waals surface area contributed by atoms with Crippen LogP contribution >= 0.6 is 59.1 Å². The molecule has 0 fully saturated rings. The summed E-state index contributed by atoms with van der Waals surface area (Å²) in [7, 11) is 4.63. The van der Waals surface area contributed by atoms with Gasteiger partial charge in [-0.25, -0.2) is 4.98 Å². The van der Waals surface area contributed by atoms with Crippen molar-refractivity contribution in [3.8, 4) is 28.6 Å². The van der Waals surface area contributed by atoms with Crippen molar-refractivity contribution in [2.24, 2.45) is 5.92 Å². The van der Waals surface area contributed by atoms with Gasteiger partial charge in [0.25, 0.3) is 5.56 Å². The molecule has 1 atom stereocenters. The van der Waals surface area contributed by atoms with E-state index in [0.29, 0.717) is 67.6 Å². The largest absolute Gasteiger partial charge is 0.493 e. The van der Waals surface area contributed by atoms with Crippen molar-refractivity contribution in [3.63, 3.8) is 0 Å². The first-order valence-electron chi connectivity index (χ1n) is 11.1. The topological polar surface area (TPSA) is 79.7 Å². The van der Waals surface area contributed by atoms with E-state index in [1.165, 1.54) is 18.4 Å². The molecule has 0 saturated heterocycles. The Morgan fingerprint density at radius 1 is 1.17 bits per heavy atom. The van der Waals surface area contributed by atoms with E-state index in [2.05, 4.69) is 61.6 Å². The monoisotopic (exact) mass is 690 g/mol. The Bertz CT molecular complexity index is 1380. The molecule has 2 heterocycles. The third-order valence-electron chi connectivity index (χ3n) is 6.34. The van der Waals surface area contributed by atoms with Crippen LogP contribution in [-0.2, 0) is 13.0 Å². The summed E-state index contributed by atoms with van der Waals surface area (Å²) in [5.74, 6) is 1.96. The average molecular weight is 693 g/mol. The lowest BCUT2D eigenvalue weighted by Gasteiger charge is -2.23. The molecule has 7 nitrogen and oxygen atoms in total. The molecule has 0 spiro atoms. The summed E-state index contributed by atoms with van der Waals surface area (Å²) in [6.45, 7) is 4.67. The fourth-order valence-corrected chi connectivity index (χ4v) is 7.14. The number of halogens is 3. The standard InChI is InChI=1S/C24H25Br3N2O5S/c1-6-11(2)10-29-21(13-9-14(32-3)17(33-4)18(34-5)16(13)25)28-22-15(23(29)31)12-7-8-24(26,27)20(30)19(12)35-22/h9,11H,6-8,10H2,1-5H3. The maximum Gasteiger partial charge on any atom is 0.262 e. The van der Waals surface area contributed by atoms with E-state index in [1.54, 1.807) is 24.9 Å². The average Bonchev–Trinajstić information content (AvgIpc) is 3.21. The minimum atomic E-state index is -0.813. The smallest absolute Gasteiger partial charge is 0.262 e. The van der Waals surface area contributed by atoms with Gasteiger partial charge in [0, 0.05) is 12.1 Å². The second-order valence-electron chi connectivity index (χ2n) is 8.49. The van der Waals surface area contributed by atoms with Gasteiger partial charge in [-0.05, 0) is 46.3 Å². The van der Waals surface area contributed by atoms with Gasteiger partial charge in [-0.3, -0.25) is 14.2 Å². The first kappa shape index (κ1) is 26.6. The maximum atomic E-state index is 14.0. The zero-order valence-corrected chi connectivity index (χ0v) is 25.5. The Hall–Kier alpha value is -1.43. The van der Waals surface area contributed by atoms with Gasteiger partial charge in [-0.1, -0.05) is 52.1 Å². The Labute approximate surface area is 232 Å². The summed E-state index contributed by atoms with van der Waals surface area (Å²) >= 11 is 11.9. The first-order valence-corrected chi connectivity index (χ1v) is 14.3. The molecule has 0 N–H and O–H groups in total. The quantitative estimate of drug-likeness (QED) is 0.261. The van der Waals surface area contributed by atoms with Gasteiger partial charge in [0.2, 0.25) is 5.75 Å². The van der Waals surface area contributed by atoms with Crippen LogP contribution in [0.1, 0.15) is 41.9 Å². The molecule has 0 saturated carbocycles. The predicted molar refractivity (Wildman–Crippen MR) is 149 cm³/mol. The Morgan fingerprint density at radius 3 is 2.46 bits per heavy atom. The summed E-state index contributed by atoms with van der Waals surface area (Å²) in [5, 5.41) is 0.532. The van der Waals surface area contributed by atoms with Crippen molar-refractivity contribution >= 4 is 75.1 Å². The minimum absolute atomic E-state index is 0.0786. The second kappa shape index (κ2) is 10.1. The van der Waals surface area contributed by atoms with Gasteiger partial charge in [-0.15, -0.1) is 11.3 Å². The van der Waals surface area contributed by atoms with Crippen LogP contribution in [0.5, 0.6) is 17.2 Å². The molecule has 0 radical (unpaired) electrons. The first-order chi connectivity index (χ1) is 16.6. The second-order valence-corrected chi connectivity index (χ2v) is 14.1. The SMILES string of the molecule is CCC(C)Cn1c(-c2cc(OC)c(OC)c(OC)c2Br)nc2sc3c(c2c1=O)CCC(Br)(Br)C3=O. The number of ether oxygens (including phenoxy) is 3. The third kappa shape index (κ3) is 4.46. The molecule has 1 aromatic carbocycles. The van der Waals surface area contributed by atoms with Crippen molar-refractivity contribution in [1.82, 2.24) is 9.55 Å². The number of hydrogen-bond donors (Lipinski definition) is 0. The number of rotatable bonds is 7. The molecule has 0 amide bonds. The summed E-state index contributed by atoms with van der Waals surface area (Å²) in [6.07, 6.45) is 2.05. The highest BCUT2D eigenvalue weighted by Crippen LogP contribution is 2.49. The number of methoxy groups -OCH3 is 3. The molecular formula is C24H25Br3N2O5S. The van der Waals surface area contributed by atoms with Gasteiger partial charge < -0.3 is 14.2 Å². The van der Waals surface area contributed by atoms with Crippen LogP contribution in [0.15, 0.2) is 15.3 Å². The number of carbonyl (C=O) groups is 1. The zero-order valence-electron chi connectivity index (χ0n) is 20.0. The van der Waals surface area contributed by atoms with E-state index in [9.17, 15) is 9.59 Å². The molecule has 3 aromatic rings. The van der Waals surface area contributed by atoms with Crippen LogP contribution in [0, 0.1) is 5.92 Å². The van der Waals surface area contributed by atoms with E-state index in [1.807, 2.05) is 0 Å². The van der Waals surface area contributed by atoms with Gasteiger partial charge in [0.1, 0.15) is 13.9 Å². The van der Waals surface area contributed by atoms with Crippen molar-refractivity contribution in [2.45, 2.75) is 42.9 Å². The van der Waals surface area contributed by atoms with Gasteiger partial charge in [0.15, 0.2) is 17.3 Å². The number of nitrogens with zero attached hydrogens (tertiary/aromatic N) is 2. The Morgan fingerprint density at radius 2 is 1.86 bits per heavy atom. The summed E-state index contributed by atoms with van der Waals surface area (Å²) < 4.78 is 18.2. The number of carbonyl (C=O) groups excluding carboxylic acids is 1. The van der Waals surface area contributed by atoms with Crippen molar-refractivity contribution in [2.75, 3.05) is 21.3 Å². The lowest BCUT2D eigenvalue weighted by atomic mass is 9.96. The maximum absolute atomic E-state index is 14.0. The highest BCUT2D eigenvalue weighted by molar-refractivity contribution is 9.26. The summed E-state index contributed by atoms with van der Waals surface area (Å²) in [4.78, 5) is 33.2. The van der Waals surface area contributed by atoms with Gasteiger partial charge >= 0.3 is 0 Å². The number of fused-ring (bicyclic) bond motifs is 3. The van der Waals surface area contributed by atoms with E-state index in [4.69, 9.17) is 19.2 Å². The normalized spacial score (nSPS) is 15.7.